The summed E-state index contributed by atoms with van der Waals surface area (Å²) in [6, 6.07) is 17.5. The Balaban J connectivity index is 0.00000242. The average Bonchev–Trinajstić information content (AvgIpc) is 2.48. The van der Waals surface area contributed by atoms with Gasteiger partial charge in [-0.15, -0.1) is 12.4 Å². The molecule has 120 valence electrons. The van der Waals surface area contributed by atoms with Crippen LogP contribution in [0.15, 0.2) is 54.6 Å². The van der Waals surface area contributed by atoms with Crippen LogP contribution < -0.4 is 10.2 Å². The molecule has 5 heteroatoms. The van der Waals surface area contributed by atoms with Crippen molar-refractivity contribution < 1.29 is 5.11 Å². The molecule has 0 fully saturated rings. The summed E-state index contributed by atoms with van der Waals surface area (Å²) in [5, 5.41) is 14.2. The predicted octanol–water partition coefficient (Wildman–Crippen LogP) is 3.52. The molecule has 2 aromatic carbocycles. The quantitative estimate of drug-likeness (QED) is 0.844. The summed E-state index contributed by atoms with van der Waals surface area (Å²) in [6.07, 6.45) is -0.543. The first kappa shape index (κ1) is 18.8. The van der Waals surface area contributed by atoms with Gasteiger partial charge in [0, 0.05) is 24.3 Å². The number of aliphatic hydroxyl groups excluding tert-OH is 1. The Morgan fingerprint density at radius 1 is 1.14 bits per heavy atom. The SMILES string of the molecule is CNCC(O)C(c1cccc(Cl)c1)N(C)c1ccccc1.Cl. The van der Waals surface area contributed by atoms with Gasteiger partial charge in [-0.1, -0.05) is 41.9 Å². The molecule has 0 amide bonds. The Bertz CT molecular complexity index is 566. The smallest absolute Gasteiger partial charge is 0.0909 e. The predicted molar refractivity (Wildman–Crippen MR) is 96.2 cm³/mol. The second-order valence-electron chi connectivity index (χ2n) is 5.07. The fourth-order valence-electron chi connectivity index (χ4n) is 2.54. The number of nitrogens with zero attached hydrogens (tertiary/aromatic N) is 1. The number of nitrogens with one attached hydrogen (secondary N) is 1. The van der Waals surface area contributed by atoms with Crippen molar-refractivity contribution in [1.82, 2.24) is 5.32 Å². The summed E-state index contributed by atoms with van der Waals surface area (Å²) in [5.74, 6) is 0. The number of para-hydroxylation sites is 1. The molecule has 2 atom stereocenters. The number of hydrogen-bond acceptors (Lipinski definition) is 3. The van der Waals surface area contributed by atoms with Crippen molar-refractivity contribution in [2.75, 3.05) is 25.5 Å². The van der Waals surface area contributed by atoms with Crippen molar-refractivity contribution in [3.63, 3.8) is 0 Å². The number of anilines is 1. The van der Waals surface area contributed by atoms with Crippen LogP contribution in [0.5, 0.6) is 0 Å². The van der Waals surface area contributed by atoms with Gasteiger partial charge in [0.15, 0.2) is 0 Å². The van der Waals surface area contributed by atoms with E-state index in [9.17, 15) is 5.11 Å². The second kappa shape index (κ2) is 9.01. The molecule has 0 aliphatic carbocycles. The lowest BCUT2D eigenvalue weighted by Gasteiger charge is -2.34. The summed E-state index contributed by atoms with van der Waals surface area (Å²) in [6.45, 7) is 0.508. The third kappa shape index (κ3) is 4.62. The highest BCUT2D eigenvalue weighted by atomic mass is 35.5. The van der Waals surface area contributed by atoms with Gasteiger partial charge in [-0.25, -0.2) is 0 Å². The van der Waals surface area contributed by atoms with E-state index in [1.807, 2.05) is 68.7 Å². The zero-order valence-corrected chi connectivity index (χ0v) is 14.3. The Kier molecular flexibility index (Phi) is 7.69. The van der Waals surface area contributed by atoms with E-state index in [0.29, 0.717) is 11.6 Å². The Labute approximate surface area is 143 Å². The molecule has 0 spiro atoms. The molecule has 0 aromatic heterocycles. The maximum absolute atomic E-state index is 10.5. The molecule has 0 saturated heterocycles. The monoisotopic (exact) mass is 340 g/mol. The van der Waals surface area contributed by atoms with Gasteiger partial charge in [-0.2, -0.15) is 0 Å². The van der Waals surface area contributed by atoms with Crippen LogP contribution in [0.25, 0.3) is 0 Å². The summed E-state index contributed by atoms with van der Waals surface area (Å²) < 4.78 is 0. The molecule has 0 aliphatic heterocycles. The molecule has 2 rings (SSSR count). The lowest BCUT2D eigenvalue weighted by atomic mass is 9.99. The van der Waals surface area contributed by atoms with Crippen LogP contribution in [0.3, 0.4) is 0 Å². The minimum atomic E-state index is -0.543. The zero-order chi connectivity index (χ0) is 15.2. The van der Waals surface area contributed by atoms with E-state index in [1.54, 1.807) is 0 Å². The Morgan fingerprint density at radius 3 is 2.41 bits per heavy atom. The molecule has 2 aromatic rings. The summed E-state index contributed by atoms with van der Waals surface area (Å²) in [7, 11) is 3.82. The highest BCUT2D eigenvalue weighted by Crippen LogP contribution is 2.29. The van der Waals surface area contributed by atoms with Gasteiger partial charge < -0.3 is 15.3 Å². The van der Waals surface area contributed by atoms with Gasteiger partial charge in [-0.05, 0) is 36.9 Å². The molecular formula is C17H22Cl2N2O. The molecule has 2 unspecified atom stereocenters. The summed E-state index contributed by atoms with van der Waals surface area (Å²) in [5.41, 5.74) is 2.05. The average molecular weight is 341 g/mol. The van der Waals surface area contributed by atoms with Crippen LogP contribution in [0.1, 0.15) is 11.6 Å². The number of benzene rings is 2. The highest BCUT2D eigenvalue weighted by Gasteiger charge is 2.25. The first-order chi connectivity index (χ1) is 10.1. The van der Waals surface area contributed by atoms with Crippen molar-refractivity contribution in [1.29, 1.82) is 0 Å². The number of halogens is 2. The minimum Gasteiger partial charge on any atom is -0.389 e. The lowest BCUT2D eigenvalue weighted by molar-refractivity contribution is 0.142. The van der Waals surface area contributed by atoms with Gasteiger partial charge in [0.1, 0.15) is 0 Å². The molecule has 0 heterocycles. The fraction of sp³-hybridized carbons (Fsp3) is 0.294. The van der Waals surface area contributed by atoms with Crippen molar-refractivity contribution in [2.45, 2.75) is 12.1 Å². The number of hydrogen-bond donors (Lipinski definition) is 2. The van der Waals surface area contributed by atoms with Gasteiger partial charge in [0.05, 0.1) is 12.1 Å². The maximum Gasteiger partial charge on any atom is 0.0909 e. The summed E-state index contributed by atoms with van der Waals surface area (Å²) >= 11 is 6.11. The second-order valence-corrected chi connectivity index (χ2v) is 5.51. The molecule has 0 saturated carbocycles. The van der Waals surface area contributed by atoms with Crippen LogP contribution in [0.2, 0.25) is 5.02 Å². The molecular weight excluding hydrogens is 319 g/mol. The first-order valence-corrected chi connectivity index (χ1v) is 7.37. The van der Waals surface area contributed by atoms with Gasteiger partial charge in [0.2, 0.25) is 0 Å². The molecule has 22 heavy (non-hydrogen) atoms. The third-order valence-electron chi connectivity index (χ3n) is 3.55. The van der Waals surface area contributed by atoms with E-state index in [2.05, 4.69) is 10.2 Å². The Morgan fingerprint density at radius 2 is 1.82 bits per heavy atom. The number of rotatable bonds is 6. The van der Waals surface area contributed by atoms with Gasteiger partial charge in [-0.3, -0.25) is 0 Å². The van der Waals surface area contributed by atoms with Crippen molar-refractivity contribution >= 4 is 29.7 Å². The molecule has 0 aliphatic rings. The van der Waals surface area contributed by atoms with Crippen LogP contribution in [0, 0.1) is 0 Å². The van der Waals surface area contributed by atoms with Crippen LogP contribution in [0.4, 0.5) is 5.69 Å². The molecule has 0 bridgehead atoms. The zero-order valence-electron chi connectivity index (χ0n) is 12.7. The first-order valence-electron chi connectivity index (χ1n) is 6.99. The van der Waals surface area contributed by atoms with Crippen LogP contribution in [-0.2, 0) is 0 Å². The van der Waals surface area contributed by atoms with Gasteiger partial charge in [0.25, 0.3) is 0 Å². The maximum atomic E-state index is 10.5. The molecule has 3 nitrogen and oxygen atoms in total. The summed E-state index contributed by atoms with van der Waals surface area (Å²) in [4.78, 5) is 2.08. The van der Waals surface area contributed by atoms with E-state index in [-0.39, 0.29) is 18.4 Å². The van der Waals surface area contributed by atoms with E-state index in [0.717, 1.165) is 11.3 Å². The third-order valence-corrected chi connectivity index (χ3v) is 3.78. The van der Waals surface area contributed by atoms with Crippen molar-refractivity contribution in [2.24, 2.45) is 0 Å². The minimum absolute atomic E-state index is 0. The standard InChI is InChI=1S/C17H21ClN2O.ClH/c1-19-12-16(21)17(13-7-6-8-14(18)11-13)20(2)15-9-4-3-5-10-15;/h3-11,16-17,19,21H,12H2,1-2H3;1H. The topological polar surface area (TPSA) is 35.5 Å². The van der Waals surface area contributed by atoms with E-state index in [4.69, 9.17) is 11.6 Å². The van der Waals surface area contributed by atoms with Gasteiger partial charge >= 0.3 is 0 Å². The van der Waals surface area contributed by atoms with Crippen LogP contribution >= 0.6 is 24.0 Å². The Hall–Kier alpha value is -1.26. The van der Waals surface area contributed by atoms with E-state index < -0.39 is 6.10 Å². The lowest BCUT2D eigenvalue weighted by Crippen LogP contribution is -2.39. The number of likely N-dealkylation sites (N-methyl/N-ethyl adjacent to an activating group) is 2. The fourth-order valence-corrected chi connectivity index (χ4v) is 2.74. The molecule has 2 N–H and O–H groups in total. The highest BCUT2D eigenvalue weighted by molar-refractivity contribution is 6.30. The van der Waals surface area contributed by atoms with E-state index in [1.165, 1.54) is 0 Å². The normalized spacial score (nSPS) is 13.1. The molecule has 0 radical (unpaired) electrons. The largest absolute Gasteiger partial charge is 0.389 e. The van der Waals surface area contributed by atoms with Crippen molar-refractivity contribution in [3.05, 3.63) is 65.2 Å². The van der Waals surface area contributed by atoms with Crippen molar-refractivity contribution in [3.8, 4) is 0 Å². The number of aliphatic hydroxyl groups is 1. The van der Waals surface area contributed by atoms with E-state index >= 15 is 0 Å². The van der Waals surface area contributed by atoms with Crippen LogP contribution in [-0.4, -0.2) is 31.9 Å².